The minimum Gasteiger partial charge on any atom is -0.542 e. The summed E-state index contributed by atoms with van der Waals surface area (Å²) in [5.41, 5.74) is 3.80. The average molecular weight is 652 g/mol. The number of carbonyl (C=O) groups excluding carboxylic acids is 2. The highest BCUT2D eigenvalue weighted by atomic mass is 79.9. The van der Waals surface area contributed by atoms with Gasteiger partial charge in [-0.2, -0.15) is 13.2 Å². The topological polar surface area (TPSA) is 86.3 Å². The van der Waals surface area contributed by atoms with Crippen molar-refractivity contribution in [1.82, 2.24) is 4.90 Å². The lowest BCUT2D eigenvalue weighted by Crippen LogP contribution is -2.82. The summed E-state index contributed by atoms with van der Waals surface area (Å²) >= 11 is 3.75. The molecular weight excluding hydrogens is 613 g/mol. The molecule has 0 bridgehead atoms. The van der Waals surface area contributed by atoms with E-state index < -0.39 is 12.1 Å². The standard InChI is InChI=1S/C30H37BrN2O2.C2HF3O2/c31-27-13-7-12-25-24(27)18-35-20-30(25)19-32-17-26(30)29(34)33-15-14-23(21-8-3-1-4-9-21)16-28(33)22-10-5-2-6-11-22;3-2(4,5)1(6)7/h1,3-4,7-9,12-13,22-23,26,28,32H,2,5-6,10-11,14-20H2;(H,6,7)/t23-,26?,28+,30-;/m1./s1. The van der Waals surface area contributed by atoms with Crippen molar-refractivity contribution in [3.8, 4) is 0 Å². The number of carboxylic acid groups (broad SMARTS) is 1. The molecule has 1 amide bonds. The van der Waals surface area contributed by atoms with Gasteiger partial charge in [-0.15, -0.1) is 0 Å². The number of quaternary nitrogens is 1. The number of amides is 1. The van der Waals surface area contributed by atoms with Crippen LogP contribution in [0.2, 0.25) is 0 Å². The molecule has 6 rings (SSSR count). The maximum Gasteiger partial charge on any atom is 0.430 e. The normalized spacial score (nSPS) is 28.1. The number of hydrogen-bond acceptors (Lipinski definition) is 4. The van der Waals surface area contributed by atoms with Crippen LogP contribution in [0.25, 0.3) is 0 Å². The number of aliphatic carboxylic acids is 1. The van der Waals surface area contributed by atoms with E-state index in [4.69, 9.17) is 14.6 Å². The predicted molar refractivity (Wildman–Crippen MR) is 152 cm³/mol. The van der Waals surface area contributed by atoms with Crippen LogP contribution in [0.5, 0.6) is 0 Å². The van der Waals surface area contributed by atoms with Crippen LogP contribution in [0, 0.1) is 11.8 Å². The van der Waals surface area contributed by atoms with Gasteiger partial charge in [-0.1, -0.05) is 77.7 Å². The molecule has 3 heterocycles. The zero-order chi connectivity index (χ0) is 29.9. The Kier molecular flexibility index (Phi) is 9.64. The van der Waals surface area contributed by atoms with Crippen molar-refractivity contribution < 1.29 is 37.9 Å². The summed E-state index contributed by atoms with van der Waals surface area (Å²) in [6.07, 6.45) is 3.52. The van der Waals surface area contributed by atoms with E-state index in [0.29, 0.717) is 37.0 Å². The zero-order valence-corrected chi connectivity index (χ0v) is 25.2. The molecular formula is C32H38BrF3N2O4. The number of piperidine rings is 1. The number of carboxylic acids is 1. The molecule has 0 radical (unpaired) electrons. The number of hydrogen-bond donors (Lipinski definition) is 1. The molecule has 6 nitrogen and oxygen atoms in total. The molecule has 2 N–H and O–H groups in total. The first kappa shape index (κ1) is 31.0. The number of fused-ring (bicyclic) bond motifs is 2. The lowest BCUT2D eigenvalue weighted by Gasteiger charge is -2.47. The minimum absolute atomic E-state index is 0.0183. The van der Waals surface area contributed by atoms with Gasteiger partial charge in [0.15, 0.2) is 0 Å². The predicted octanol–water partition coefficient (Wildman–Crippen LogP) is 4.06. The van der Waals surface area contributed by atoms with E-state index in [-0.39, 0.29) is 11.3 Å². The number of ether oxygens (including phenoxy) is 1. The number of likely N-dealkylation sites (tertiary alicyclic amines) is 1. The average Bonchev–Trinajstić information content (AvgIpc) is 3.41. The fourth-order valence-corrected chi connectivity index (χ4v) is 8.20. The van der Waals surface area contributed by atoms with Crippen molar-refractivity contribution in [2.75, 3.05) is 26.2 Å². The highest BCUT2D eigenvalue weighted by Crippen LogP contribution is 2.45. The Hall–Kier alpha value is -2.43. The number of benzene rings is 2. The summed E-state index contributed by atoms with van der Waals surface area (Å²) in [5.74, 6) is -1.43. The van der Waals surface area contributed by atoms with Gasteiger partial charge in [-0.25, -0.2) is 0 Å². The molecule has 0 aromatic heterocycles. The fraction of sp³-hybridized carbons (Fsp3) is 0.562. The Bertz CT molecular complexity index is 1250. The molecule has 2 aromatic carbocycles. The number of nitrogens with zero attached hydrogens (tertiary/aromatic N) is 1. The van der Waals surface area contributed by atoms with E-state index in [1.54, 1.807) is 0 Å². The smallest absolute Gasteiger partial charge is 0.430 e. The van der Waals surface area contributed by atoms with Crippen molar-refractivity contribution in [2.24, 2.45) is 11.8 Å². The molecule has 1 aliphatic carbocycles. The Morgan fingerprint density at radius 2 is 1.74 bits per heavy atom. The van der Waals surface area contributed by atoms with Gasteiger partial charge in [0.2, 0.25) is 5.91 Å². The maximum atomic E-state index is 14.5. The highest BCUT2D eigenvalue weighted by Gasteiger charge is 2.56. The number of alkyl halides is 3. The van der Waals surface area contributed by atoms with Crippen molar-refractivity contribution in [3.05, 3.63) is 69.7 Å². The molecule has 10 heteroatoms. The number of nitrogens with two attached hydrogens (primary N) is 1. The molecule has 2 aromatic rings. The molecule has 1 saturated carbocycles. The second-order valence-corrected chi connectivity index (χ2v) is 13.0. The van der Waals surface area contributed by atoms with Crippen LogP contribution in [0.3, 0.4) is 0 Å². The van der Waals surface area contributed by atoms with Crippen LogP contribution in [-0.4, -0.2) is 55.2 Å². The lowest BCUT2D eigenvalue weighted by molar-refractivity contribution is -0.640. The molecule has 4 aliphatic rings. The quantitative estimate of drug-likeness (QED) is 0.543. The fourth-order valence-electron chi connectivity index (χ4n) is 7.72. The molecule has 3 aliphatic heterocycles. The molecule has 1 spiro atoms. The van der Waals surface area contributed by atoms with Gasteiger partial charge in [0, 0.05) is 17.1 Å². The Balaban J connectivity index is 0.000000451. The summed E-state index contributed by atoms with van der Waals surface area (Å²) in [5, 5.41) is 11.1. The van der Waals surface area contributed by atoms with Gasteiger partial charge < -0.3 is 24.9 Å². The Morgan fingerprint density at radius 1 is 1.02 bits per heavy atom. The second kappa shape index (κ2) is 13.1. The van der Waals surface area contributed by atoms with Gasteiger partial charge in [0.25, 0.3) is 0 Å². The second-order valence-electron chi connectivity index (χ2n) is 12.1. The first-order valence-corrected chi connectivity index (χ1v) is 15.7. The van der Waals surface area contributed by atoms with E-state index in [1.807, 2.05) is 0 Å². The van der Waals surface area contributed by atoms with Crippen LogP contribution in [-0.2, 0) is 26.3 Å². The van der Waals surface area contributed by atoms with Crippen LogP contribution in [0.15, 0.2) is 53.0 Å². The molecule has 228 valence electrons. The van der Waals surface area contributed by atoms with Crippen molar-refractivity contribution in [1.29, 1.82) is 0 Å². The third-order valence-corrected chi connectivity index (χ3v) is 10.5. The third kappa shape index (κ3) is 6.40. The molecule has 3 fully saturated rings. The Morgan fingerprint density at radius 3 is 2.43 bits per heavy atom. The highest BCUT2D eigenvalue weighted by molar-refractivity contribution is 9.10. The van der Waals surface area contributed by atoms with Gasteiger partial charge >= 0.3 is 6.18 Å². The minimum atomic E-state index is -5.19. The van der Waals surface area contributed by atoms with E-state index in [9.17, 15) is 18.0 Å². The SMILES string of the molecule is O=C(C1C[NH2+]C[C@]12COCc1c(Br)cccc12)N1CC[C@@H](c2ccccc2)C[C@H]1C1CCCCC1.O=C([O-])C(F)(F)F. The molecule has 42 heavy (non-hydrogen) atoms. The number of halogens is 4. The first-order valence-electron chi connectivity index (χ1n) is 14.9. The van der Waals surface area contributed by atoms with Gasteiger partial charge in [0.1, 0.15) is 11.9 Å². The number of rotatable bonds is 3. The van der Waals surface area contributed by atoms with Gasteiger partial charge in [-0.3, -0.25) is 4.79 Å². The summed E-state index contributed by atoms with van der Waals surface area (Å²) in [6, 6.07) is 17.9. The Labute approximate surface area is 253 Å². The van der Waals surface area contributed by atoms with Gasteiger partial charge in [-0.05, 0) is 60.3 Å². The van der Waals surface area contributed by atoms with Crippen molar-refractivity contribution in [3.63, 3.8) is 0 Å². The zero-order valence-electron chi connectivity index (χ0n) is 23.6. The van der Waals surface area contributed by atoms with Crippen LogP contribution >= 0.6 is 15.9 Å². The van der Waals surface area contributed by atoms with Crippen LogP contribution in [0.1, 0.15) is 67.6 Å². The summed E-state index contributed by atoms with van der Waals surface area (Å²) in [6.45, 7) is 3.97. The van der Waals surface area contributed by atoms with E-state index >= 15 is 0 Å². The van der Waals surface area contributed by atoms with Crippen LogP contribution in [0.4, 0.5) is 13.2 Å². The number of carbonyl (C=O) groups is 2. The monoisotopic (exact) mass is 650 g/mol. The van der Waals surface area contributed by atoms with Crippen molar-refractivity contribution in [2.45, 2.75) is 75.1 Å². The summed E-state index contributed by atoms with van der Waals surface area (Å²) in [7, 11) is 0. The molecule has 4 atom stereocenters. The van der Waals surface area contributed by atoms with E-state index in [1.165, 1.54) is 48.8 Å². The summed E-state index contributed by atoms with van der Waals surface area (Å²) < 4.78 is 38.8. The van der Waals surface area contributed by atoms with E-state index in [2.05, 4.69) is 74.7 Å². The van der Waals surface area contributed by atoms with Crippen LogP contribution < -0.4 is 10.4 Å². The van der Waals surface area contributed by atoms with E-state index in [0.717, 1.165) is 36.9 Å². The maximum absolute atomic E-state index is 14.5. The van der Waals surface area contributed by atoms with Crippen molar-refractivity contribution >= 4 is 27.8 Å². The first-order chi connectivity index (χ1) is 20.1. The summed E-state index contributed by atoms with van der Waals surface area (Å²) in [4.78, 5) is 25.6. The van der Waals surface area contributed by atoms with Gasteiger partial charge in [0.05, 0.1) is 31.7 Å². The lowest BCUT2D eigenvalue weighted by atomic mass is 9.69. The molecule has 2 saturated heterocycles. The third-order valence-electron chi connectivity index (χ3n) is 9.76. The molecule has 1 unspecified atom stereocenters. The largest absolute Gasteiger partial charge is 0.542 e.